The van der Waals surface area contributed by atoms with Gasteiger partial charge in [0, 0.05) is 10.4 Å². The van der Waals surface area contributed by atoms with Gasteiger partial charge < -0.3 is 0 Å². The molecule has 9 heteroatoms. The Balaban J connectivity index is 1.97. The van der Waals surface area contributed by atoms with Gasteiger partial charge in [0.05, 0.1) is 23.4 Å². The van der Waals surface area contributed by atoms with Crippen LogP contribution >= 0.6 is 11.3 Å². The maximum atomic E-state index is 12.8. The number of hydrogen-bond donors (Lipinski definition) is 3. The molecular formula is C14H12F3N5S. The zero-order valence-corrected chi connectivity index (χ0v) is 12.7. The van der Waals surface area contributed by atoms with E-state index >= 15 is 0 Å². The van der Waals surface area contributed by atoms with E-state index in [-0.39, 0.29) is 6.04 Å². The summed E-state index contributed by atoms with van der Waals surface area (Å²) in [6, 6.07) is 6.40. The molecule has 1 aliphatic heterocycles. The molecule has 2 aromatic rings. The second kappa shape index (κ2) is 5.90. The molecule has 1 aromatic carbocycles. The maximum Gasteiger partial charge on any atom is 0.416 e. The van der Waals surface area contributed by atoms with Crippen molar-refractivity contribution in [2.45, 2.75) is 25.2 Å². The van der Waals surface area contributed by atoms with E-state index in [1.807, 2.05) is 0 Å². The van der Waals surface area contributed by atoms with Crippen molar-refractivity contribution < 1.29 is 13.2 Å². The van der Waals surface area contributed by atoms with Crippen molar-refractivity contribution in [1.29, 1.82) is 5.26 Å². The van der Waals surface area contributed by atoms with Gasteiger partial charge in [-0.1, -0.05) is 12.1 Å². The lowest BCUT2D eigenvalue weighted by molar-refractivity contribution is -0.137. The molecule has 0 spiro atoms. The van der Waals surface area contributed by atoms with Crippen LogP contribution in [0.25, 0.3) is 10.6 Å². The summed E-state index contributed by atoms with van der Waals surface area (Å²) in [6.07, 6.45) is -4.39. The Bertz CT molecular complexity index is 765. The van der Waals surface area contributed by atoms with Crippen LogP contribution in [0.15, 0.2) is 24.3 Å². The first-order chi connectivity index (χ1) is 10.9. The highest BCUT2D eigenvalue weighted by atomic mass is 32.1. The van der Waals surface area contributed by atoms with Crippen LogP contribution in [-0.4, -0.2) is 11.0 Å². The number of rotatable bonds is 2. The van der Waals surface area contributed by atoms with Gasteiger partial charge in [-0.2, -0.15) is 24.0 Å². The number of aromatic nitrogens is 1. The van der Waals surface area contributed by atoms with Gasteiger partial charge in [0.2, 0.25) is 0 Å². The number of aryl methyl sites for hydroxylation is 1. The summed E-state index contributed by atoms with van der Waals surface area (Å²) in [5.41, 5.74) is 8.76. The average molecular weight is 339 g/mol. The summed E-state index contributed by atoms with van der Waals surface area (Å²) in [4.78, 5) is 5.17. The van der Waals surface area contributed by atoms with Crippen LogP contribution in [-0.2, 0) is 6.18 Å². The first kappa shape index (κ1) is 15.9. The Morgan fingerprint density at radius 2 is 2.09 bits per heavy atom. The summed E-state index contributed by atoms with van der Waals surface area (Å²) in [5.74, 6) is 0. The summed E-state index contributed by atoms with van der Waals surface area (Å²) in [5, 5.41) is 9.60. The van der Waals surface area contributed by atoms with Crippen LogP contribution in [0.4, 0.5) is 13.2 Å². The van der Waals surface area contributed by atoms with Gasteiger partial charge in [0.1, 0.15) is 11.0 Å². The smallest absolute Gasteiger partial charge is 0.241 e. The predicted molar refractivity (Wildman–Crippen MR) is 78.8 cm³/mol. The van der Waals surface area contributed by atoms with Gasteiger partial charge in [0.15, 0.2) is 0 Å². The van der Waals surface area contributed by atoms with Crippen molar-refractivity contribution >= 4 is 11.3 Å². The Morgan fingerprint density at radius 3 is 2.78 bits per heavy atom. The summed E-state index contributed by atoms with van der Waals surface area (Å²) in [6.45, 7) is 1.78. The molecule has 0 aliphatic carbocycles. The lowest BCUT2D eigenvalue weighted by Crippen LogP contribution is -2.32. The zero-order chi connectivity index (χ0) is 16.6. The molecule has 3 N–H and O–H groups in total. The fraction of sp³-hybridized carbons (Fsp3) is 0.286. The monoisotopic (exact) mass is 339 g/mol. The normalized spacial score (nSPS) is 21.3. The first-order valence-corrected chi connectivity index (χ1v) is 7.52. The number of thiazole rings is 1. The highest BCUT2D eigenvalue weighted by Crippen LogP contribution is 2.36. The van der Waals surface area contributed by atoms with E-state index in [0.29, 0.717) is 16.3 Å². The van der Waals surface area contributed by atoms with Crippen LogP contribution < -0.4 is 16.4 Å². The van der Waals surface area contributed by atoms with Crippen LogP contribution in [0.3, 0.4) is 0 Å². The Labute approximate surface area is 134 Å². The van der Waals surface area contributed by atoms with Crippen molar-refractivity contribution in [2.24, 2.45) is 0 Å². The molecule has 2 heterocycles. The molecule has 2 unspecified atom stereocenters. The molecule has 3 rings (SSSR count). The number of nitrogens with one attached hydrogen (secondary N) is 3. The number of halogens is 3. The Morgan fingerprint density at radius 1 is 1.30 bits per heavy atom. The molecule has 1 fully saturated rings. The molecule has 120 valence electrons. The van der Waals surface area contributed by atoms with Gasteiger partial charge in [-0.05, 0) is 19.1 Å². The third kappa shape index (κ3) is 3.07. The van der Waals surface area contributed by atoms with Crippen LogP contribution in [0, 0.1) is 18.3 Å². The van der Waals surface area contributed by atoms with Crippen molar-refractivity contribution in [1.82, 2.24) is 21.4 Å². The van der Waals surface area contributed by atoms with E-state index < -0.39 is 17.8 Å². The quantitative estimate of drug-likeness (QED) is 0.785. The summed E-state index contributed by atoms with van der Waals surface area (Å²) in [7, 11) is 0. The minimum atomic E-state index is -4.39. The molecule has 0 radical (unpaired) electrons. The van der Waals surface area contributed by atoms with Gasteiger partial charge in [-0.25, -0.2) is 15.8 Å². The van der Waals surface area contributed by atoms with Crippen molar-refractivity contribution in [2.75, 3.05) is 0 Å². The second-order valence-corrected chi connectivity index (χ2v) is 6.08. The fourth-order valence-corrected chi connectivity index (χ4v) is 3.49. The van der Waals surface area contributed by atoms with Crippen molar-refractivity contribution in [3.05, 3.63) is 40.4 Å². The van der Waals surface area contributed by atoms with Crippen molar-refractivity contribution in [3.8, 4) is 16.6 Å². The summed E-state index contributed by atoms with van der Waals surface area (Å²) >= 11 is 1.28. The number of nitriles is 1. The second-order valence-electron chi connectivity index (χ2n) is 5.05. The standard InChI is InChI=1S/C14H12F3N5S/c1-7-12(11-10(6-18)20-22-21-11)23-13(19-7)8-3-2-4-9(5-8)14(15,16)17/h2-5,10-11,20-22H,1H3. The van der Waals surface area contributed by atoms with E-state index in [1.54, 1.807) is 13.0 Å². The number of alkyl halides is 3. The van der Waals surface area contributed by atoms with Gasteiger partial charge in [-0.3, -0.25) is 0 Å². The topological polar surface area (TPSA) is 72.8 Å². The first-order valence-electron chi connectivity index (χ1n) is 6.71. The van der Waals surface area contributed by atoms with Gasteiger partial charge in [0.25, 0.3) is 0 Å². The highest BCUT2D eigenvalue weighted by Gasteiger charge is 2.33. The Hall–Kier alpha value is -1.99. The largest absolute Gasteiger partial charge is 0.416 e. The molecule has 1 aliphatic rings. The lowest BCUT2D eigenvalue weighted by atomic mass is 10.1. The summed E-state index contributed by atoms with van der Waals surface area (Å²) < 4.78 is 38.5. The minimum Gasteiger partial charge on any atom is -0.241 e. The van der Waals surface area contributed by atoms with E-state index in [9.17, 15) is 13.2 Å². The number of nitrogens with zero attached hydrogens (tertiary/aromatic N) is 2. The highest BCUT2D eigenvalue weighted by molar-refractivity contribution is 7.15. The molecule has 23 heavy (non-hydrogen) atoms. The van der Waals surface area contributed by atoms with E-state index in [1.165, 1.54) is 17.4 Å². The molecule has 5 nitrogen and oxygen atoms in total. The number of benzene rings is 1. The minimum absolute atomic E-state index is 0.308. The molecule has 0 saturated carbocycles. The predicted octanol–water partition coefficient (Wildman–Crippen LogP) is 2.68. The third-order valence-electron chi connectivity index (χ3n) is 3.48. The van der Waals surface area contributed by atoms with Crippen LogP contribution in [0.1, 0.15) is 22.2 Å². The van der Waals surface area contributed by atoms with E-state index in [2.05, 4.69) is 27.4 Å². The number of hydrogen-bond acceptors (Lipinski definition) is 6. The van der Waals surface area contributed by atoms with Crippen molar-refractivity contribution in [3.63, 3.8) is 0 Å². The van der Waals surface area contributed by atoms with Gasteiger partial charge in [-0.15, -0.1) is 11.3 Å². The SMILES string of the molecule is Cc1nc(-c2cccc(C(F)(F)F)c2)sc1C1NNNC1C#N. The molecular weight excluding hydrogens is 327 g/mol. The molecule has 0 amide bonds. The number of hydrazine groups is 2. The van der Waals surface area contributed by atoms with E-state index in [0.717, 1.165) is 17.0 Å². The van der Waals surface area contributed by atoms with Crippen LogP contribution in [0.5, 0.6) is 0 Å². The Kier molecular flexibility index (Phi) is 4.08. The fourth-order valence-electron chi connectivity index (χ4n) is 2.34. The van der Waals surface area contributed by atoms with Gasteiger partial charge >= 0.3 is 6.18 Å². The van der Waals surface area contributed by atoms with Crippen LogP contribution in [0.2, 0.25) is 0 Å². The molecule has 1 aromatic heterocycles. The zero-order valence-electron chi connectivity index (χ0n) is 11.9. The molecule has 1 saturated heterocycles. The molecule has 2 atom stereocenters. The third-order valence-corrected chi connectivity index (χ3v) is 4.77. The average Bonchev–Trinajstić information content (AvgIpc) is 3.12. The molecule has 0 bridgehead atoms. The lowest BCUT2D eigenvalue weighted by Gasteiger charge is -2.09. The maximum absolute atomic E-state index is 12.8. The van der Waals surface area contributed by atoms with E-state index in [4.69, 9.17) is 5.26 Å².